The summed E-state index contributed by atoms with van der Waals surface area (Å²) >= 11 is 3.33. The van der Waals surface area contributed by atoms with Crippen LogP contribution in [0.2, 0.25) is 0 Å². The molecule has 0 fully saturated rings. The van der Waals surface area contributed by atoms with Crippen LogP contribution in [0.25, 0.3) is 11.0 Å². The Morgan fingerprint density at radius 1 is 1.15 bits per heavy atom. The number of imidazole rings is 1. The number of fused-ring (bicyclic) bond motifs is 1. The second-order valence-electron chi connectivity index (χ2n) is 4.26. The monoisotopic (exact) mass is 330 g/mol. The number of H-pyrrole nitrogens is 1. The van der Waals surface area contributed by atoms with E-state index in [1.165, 1.54) is 0 Å². The highest BCUT2D eigenvalue weighted by molar-refractivity contribution is 9.10. The highest BCUT2D eigenvalue weighted by Crippen LogP contribution is 2.17. The van der Waals surface area contributed by atoms with E-state index in [4.69, 9.17) is 4.74 Å². The number of aromatic amines is 1. The molecule has 1 N–H and O–H groups in total. The third-order valence-corrected chi connectivity index (χ3v) is 3.56. The number of carbonyl (C=O) groups excluding carboxylic acids is 1. The zero-order chi connectivity index (χ0) is 13.9. The van der Waals surface area contributed by atoms with Gasteiger partial charge in [0.25, 0.3) is 0 Å². The van der Waals surface area contributed by atoms with Gasteiger partial charge in [-0.15, -0.1) is 0 Å². The quantitative estimate of drug-likeness (QED) is 0.745. The molecular weight excluding hydrogens is 320 g/mol. The van der Waals surface area contributed by atoms with Crippen LogP contribution in [0.1, 0.15) is 16.2 Å². The second kappa shape index (κ2) is 5.46. The maximum absolute atomic E-state index is 12.0. The summed E-state index contributed by atoms with van der Waals surface area (Å²) in [6.45, 7) is 0.120. The van der Waals surface area contributed by atoms with Crippen LogP contribution in [0.5, 0.6) is 0 Å². The number of hydrogen-bond acceptors (Lipinski definition) is 3. The molecule has 100 valence electrons. The first-order chi connectivity index (χ1) is 9.74. The maximum atomic E-state index is 12.0. The molecule has 0 aliphatic carbocycles. The SMILES string of the molecule is O=C(OCc1nc2ccccc2[nH]1)c1ccccc1Br. The number of carbonyl (C=O) groups is 1. The molecular formula is C15H11BrN2O2. The first-order valence-electron chi connectivity index (χ1n) is 6.09. The second-order valence-corrected chi connectivity index (χ2v) is 5.11. The summed E-state index contributed by atoms with van der Waals surface area (Å²) in [4.78, 5) is 19.4. The van der Waals surface area contributed by atoms with E-state index in [-0.39, 0.29) is 12.6 Å². The lowest BCUT2D eigenvalue weighted by Crippen LogP contribution is -2.06. The number of benzene rings is 2. The molecule has 20 heavy (non-hydrogen) atoms. The van der Waals surface area contributed by atoms with Crippen molar-refractivity contribution in [2.24, 2.45) is 0 Å². The van der Waals surface area contributed by atoms with Crippen molar-refractivity contribution in [2.45, 2.75) is 6.61 Å². The minimum absolute atomic E-state index is 0.120. The van der Waals surface area contributed by atoms with E-state index in [2.05, 4.69) is 25.9 Å². The molecule has 0 atom stereocenters. The first-order valence-corrected chi connectivity index (χ1v) is 6.88. The van der Waals surface area contributed by atoms with Crippen LogP contribution in [0.3, 0.4) is 0 Å². The lowest BCUT2D eigenvalue weighted by Gasteiger charge is -2.04. The van der Waals surface area contributed by atoms with Crippen LogP contribution in [0.15, 0.2) is 53.0 Å². The summed E-state index contributed by atoms with van der Waals surface area (Å²) in [5.41, 5.74) is 2.29. The number of nitrogens with one attached hydrogen (secondary N) is 1. The third kappa shape index (κ3) is 2.58. The fourth-order valence-electron chi connectivity index (χ4n) is 1.91. The summed E-state index contributed by atoms with van der Waals surface area (Å²) in [5.74, 6) is 0.254. The highest BCUT2D eigenvalue weighted by atomic mass is 79.9. The van der Waals surface area contributed by atoms with Crippen molar-refractivity contribution in [2.75, 3.05) is 0 Å². The summed E-state index contributed by atoms with van der Waals surface area (Å²) in [5, 5.41) is 0. The number of ether oxygens (including phenoxy) is 1. The Bertz CT molecular complexity index is 734. The van der Waals surface area contributed by atoms with Gasteiger partial charge in [0, 0.05) is 4.47 Å². The number of halogens is 1. The standard InChI is InChI=1S/C15H11BrN2O2/c16-11-6-2-1-5-10(11)15(19)20-9-14-17-12-7-3-4-8-13(12)18-14/h1-8H,9H2,(H,17,18). The lowest BCUT2D eigenvalue weighted by molar-refractivity contribution is 0.0462. The maximum Gasteiger partial charge on any atom is 0.339 e. The van der Waals surface area contributed by atoms with Crippen LogP contribution >= 0.6 is 15.9 Å². The summed E-state index contributed by atoms with van der Waals surface area (Å²) in [7, 11) is 0. The van der Waals surface area contributed by atoms with Crippen LogP contribution < -0.4 is 0 Å². The summed E-state index contributed by atoms with van der Waals surface area (Å²) < 4.78 is 5.98. The van der Waals surface area contributed by atoms with Gasteiger partial charge in [-0.2, -0.15) is 0 Å². The Hall–Kier alpha value is -2.14. The van der Waals surface area contributed by atoms with Crippen molar-refractivity contribution in [3.63, 3.8) is 0 Å². The van der Waals surface area contributed by atoms with Crippen molar-refractivity contribution < 1.29 is 9.53 Å². The lowest BCUT2D eigenvalue weighted by atomic mass is 10.2. The van der Waals surface area contributed by atoms with Crippen molar-refractivity contribution in [1.29, 1.82) is 0 Å². The molecule has 5 heteroatoms. The van der Waals surface area contributed by atoms with Gasteiger partial charge in [-0.3, -0.25) is 0 Å². The van der Waals surface area contributed by atoms with Crippen molar-refractivity contribution in [3.8, 4) is 0 Å². The minimum Gasteiger partial charge on any atom is -0.454 e. The van der Waals surface area contributed by atoms with Gasteiger partial charge in [-0.25, -0.2) is 9.78 Å². The number of para-hydroxylation sites is 2. The molecule has 0 unspecified atom stereocenters. The zero-order valence-corrected chi connectivity index (χ0v) is 12.1. The predicted octanol–water partition coefficient (Wildman–Crippen LogP) is 3.68. The Morgan fingerprint density at radius 3 is 2.70 bits per heavy atom. The molecule has 4 nitrogen and oxygen atoms in total. The van der Waals surface area contributed by atoms with Gasteiger partial charge in [0.15, 0.2) is 0 Å². The van der Waals surface area contributed by atoms with Crippen molar-refractivity contribution >= 4 is 32.9 Å². The molecule has 0 saturated carbocycles. The van der Waals surface area contributed by atoms with Gasteiger partial charge in [-0.1, -0.05) is 24.3 Å². The zero-order valence-electron chi connectivity index (χ0n) is 10.5. The molecule has 0 aliphatic rings. The number of rotatable bonds is 3. The van der Waals surface area contributed by atoms with Crippen LogP contribution in [-0.2, 0) is 11.3 Å². The smallest absolute Gasteiger partial charge is 0.339 e. The normalized spacial score (nSPS) is 10.7. The third-order valence-electron chi connectivity index (χ3n) is 2.87. The number of esters is 1. The number of hydrogen-bond donors (Lipinski definition) is 1. The molecule has 3 aromatic rings. The molecule has 0 aliphatic heterocycles. The Labute approximate surface area is 123 Å². The van der Waals surface area contributed by atoms with Gasteiger partial charge in [0.05, 0.1) is 16.6 Å². The molecule has 2 aromatic carbocycles. The molecule has 0 radical (unpaired) electrons. The molecule has 0 saturated heterocycles. The Balaban J connectivity index is 1.73. The van der Waals surface area contributed by atoms with E-state index < -0.39 is 0 Å². The van der Waals surface area contributed by atoms with Gasteiger partial charge < -0.3 is 9.72 Å². The van der Waals surface area contributed by atoms with E-state index in [1.54, 1.807) is 18.2 Å². The number of nitrogens with zero attached hydrogens (tertiary/aromatic N) is 1. The largest absolute Gasteiger partial charge is 0.454 e. The predicted molar refractivity (Wildman–Crippen MR) is 79.4 cm³/mol. The van der Waals surface area contributed by atoms with Gasteiger partial charge >= 0.3 is 5.97 Å². The molecule has 3 rings (SSSR count). The molecule has 0 spiro atoms. The molecule has 1 heterocycles. The van der Waals surface area contributed by atoms with Crippen molar-refractivity contribution in [1.82, 2.24) is 9.97 Å². The fourth-order valence-corrected chi connectivity index (χ4v) is 2.36. The Morgan fingerprint density at radius 2 is 1.90 bits per heavy atom. The summed E-state index contributed by atoms with van der Waals surface area (Å²) in [6.07, 6.45) is 0. The highest BCUT2D eigenvalue weighted by Gasteiger charge is 2.11. The topological polar surface area (TPSA) is 55.0 Å². The van der Waals surface area contributed by atoms with Crippen LogP contribution in [0.4, 0.5) is 0 Å². The molecule has 0 amide bonds. The minimum atomic E-state index is -0.377. The van der Waals surface area contributed by atoms with E-state index in [9.17, 15) is 4.79 Å². The number of aromatic nitrogens is 2. The van der Waals surface area contributed by atoms with Gasteiger partial charge in [0.2, 0.25) is 0 Å². The van der Waals surface area contributed by atoms with Crippen LogP contribution in [0, 0.1) is 0 Å². The van der Waals surface area contributed by atoms with E-state index in [0.717, 1.165) is 15.5 Å². The van der Waals surface area contributed by atoms with E-state index in [1.807, 2.05) is 30.3 Å². The fraction of sp³-hybridized carbons (Fsp3) is 0.0667. The molecule has 1 aromatic heterocycles. The average molecular weight is 331 g/mol. The molecule has 0 bridgehead atoms. The first kappa shape index (κ1) is 12.9. The van der Waals surface area contributed by atoms with Gasteiger partial charge in [0.1, 0.15) is 12.4 Å². The Kier molecular flexibility index (Phi) is 3.52. The summed E-state index contributed by atoms with van der Waals surface area (Å²) in [6, 6.07) is 14.8. The van der Waals surface area contributed by atoms with E-state index >= 15 is 0 Å². The van der Waals surface area contributed by atoms with Crippen molar-refractivity contribution in [3.05, 3.63) is 64.4 Å². The average Bonchev–Trinajstić information content (AvgIpc) is 2.88. The van der Waals surface area contributed by atoms with Gasteiger partial charge in [-0.05, 0) is 40.2 Å². The van der Waals surface area contributed by atoms with Crippen LogP contribution in [-0.4, -0.2) is 15.9 Å². The van der Waals surface area contributed by atoms with E-state index in [0.29, 0.717) is 11.4 Å².